The van der Waals surface area contributed by atoms with E-state index in [1.807, 2.05) is 0 Å². The first-order valence-corrected chi connectivity index (χ1v) is 12.1. The van der Waals surface area contributed by atoms with Gasteiger partial charge in [-0.1, -0.05) is 60.7 Å². The molecule has 1 aliphatic carbocycles. The van der Waals surface area contributed by atoms with Gasteiger partial charge in [-0.2, -0.15) is 5.10 Å². The summed E-state index contributed by atoms with van der Waals surface area (Å²) in [5, 5.41) is 28.9. The van der Waals surface area contributed by atoms with Gasteiger partial charge in [0.05, 0.1) is 17.3 Å². The van der Waals surface area contributed by atoms with Gasteiger partial charge < -0.3 is 20.3 Å². The number of carboxylic acids is 1. The van der Waals surface area contributed by atoms with Gasteiger partial charge in [-0.25, -0.2) is 0 Å². The zero-order valence-corrected chi connectivity index (χ0v) is 23.8. The summed E-state index contributed by atoms with van der Waals surface area (Å²) in [7, 11) is 0. The molecule has 0 radical (unpaired) electrons. The van der Waals surface area contributed by atoms with Crippen LogP contribution in [-0.2, 0) is 4.79 Å². The standard InChI is InChI=1S/C31H21N3O6.Na/c35-25-15-14-20(29(37)21-10-4-5-11-22(21)31(39)40)17-24(25)33-34-28-26(36)16-13-18-9-6-12-23(27(18)28)32-30(38)19-7-2-1-3-8-19;/h1-17,33,35H,(H,32,38)(H,39,40);/q;+1/p-1. The second-order valence-electron chi connectivity index (χ2n) is 8.75. The number of nitrogens with zero attached hydrogens (tertiary/aromatic N) is 1. The molecule has 0 fully saturated rings. The van der Waals surface area contributed by atoms with Crippen LogP contribution in [0.3, 0.4) is 0 Å². The summed E-state index contributed by atoms with van der Waals surface area (Å²) in [4.78, 5) is 50.3. The van der Waals surface area contributed by atoms with Gasteiger partial charge in [-0.3, -0.25) is 19.8 Å². The third kappa shape index (κ3) is 6.17. The van der Waals surface area contributed by atoms with E-state index in [-0.39, 0.29) is 69.3 Å². The molecule has 10 heteroatoms. The molecule has 4 aromatic rings. The van der Waals surface area contributed by atoms with Crippen molar-refractivity contribution in [3.8, 4) is 5.75 Å². The van der Waals surface area contributed by atoms with Gasteiger partial charge in [-0.05, 0) is 48.0 Å². The number of hydrogen-bond donors (Lipinski definition) is 3. The third-order valence-corrected chi connectivity index (χ3v) is 6.20. The van der Waals surface area contributed by atoms with E-state index in [9.17, 15) is 29.4 Å². The Morgan fingerprint density at radius 3 is 2.20 bits per heavy atom. The van der Waals surface area contributed by atoms with Crippen LogP contribution < -0.4 is 45.4 Å². The summed E-state index contributed by atoms with van der Waals surface area (Å²) < 4.78 is 0. The minimum Gasteiger partial charge on any atom is -0.545 e. The molecule has 0 aliphatic heterocycles. The maximum atomic E-state index is 13.1. The number of carboxylic acid groups (broad SMARTS) is 1. The molecule has 4 aromatic carbocycles. The number of aromatic hydroxyl groups is 1. The van der Waals surface area contributed by atoms with Crippen molar-refractivity contribution >= 4 is 46.6 Å². The quantitative estimate of drug-likeness (QED) is 0.132. The molecule has 0 saturated carbocycles. The average Bonchev–Trinajstić information content (AvgIpc) is 2.97. The number of anilines is 2. The van der Waals surface area contributed by atoms with Crippen LogP contribution in [-0.4, -0.2) is 34.3 Å². The normalized spacial score (nSPS) is 12.7. The number of phenols is 1. The first-order chi connectivity index (χ1) is 19.3. The third-order valence-electron chi connectivity index (χ3n) is 6.20. The van der Waals surface area contributed by atoms with E-state index in [2.05, 4.69) is 15.8 Å². The van der Waals surface area contributed by atoms with Crippen molar-refractivity contribution in [2.45, 2.75) is 0 Å². The Morgan fingerprint density at radius 2 is 1.46 bits per heavy atom. The Balaban J connectivity index is 0.00000387. The second-order valence-corrected chi connectivity index (χ2v) is 8.75. The van der Waals surface area contributed by atoms with E-state index < -0.39 is 17.5 Å². The smallest absolute Gasteiger partial charge is 0.545 e. The number of benzene rings is 4. The van der Waals surface area contributed by atoms with Gasteiger partial charge in [0.25, 0.3) is 5.91 Å². The fraction of sp³-hybridized carbons (Fsp3) is 0. The van der Waals surface area contributed by atoms with E-state index in [1.165, 1.54) is 48.5 Å². The molecule has 196 valence electrons. The maximum Gasteiger partial charge on any atom is 1.00 e. The van der Waals surface area contributed by atoms with Crippen molar-refractivity contribution in [1.82, 2.24) is 0 Å². The van der Waals surface area contributed by atoms with E-state index in [0.717, 1.165) is 0 Å². The molecule has 0 atom stereocenters. The Morgan fingerprint density at radius 1 is 0.756 bits per heavy atom. The molecule has 5 rings (SSSR count). The van der Waals surface area contributed by atoms with Crippen LogP contribution in [0.15, 0.2) is 102 Å². The van der Waals surface area contributed by atoms with Crippen molar-refractivity contribution < 1.29 is 58.9 Å². The van der Waals surface area contributed by atoms with Crippen LogP contribution >= 0.6 is 0 Å². The summed E-state index contributed by atoms with van der Waals surface area (Å²) in [6, 6.07) is 23.2. The summed E-state index contributed by atoms with van der Waals surface area (Å²) in [5.41, 5.74) is 4.14. The molecule has 0 saturated heterocycles. The van der Waals surface area contributed by atoms with Crippen molar-refractivity contribution in [2.24, 2.45) is 5.10 Å². The molecule has 41 heavy (non-hydrogen) atoms. The van der Waals surface area contributed by atoms with Crippen LogP contribution in [0.4, 0.5) is 11.4 Å². The number of amides is 1. The van der Waals surface area contributed by atoms with Crippen molar-refractivity contribution in [2.75, 3.05) is 10.7 Å². The monoisotopic (exact) mass is 553 g/mol. The Hall–Kier alpha value is -4.83. The molecule has 1 aliphatic rings. The van der Waals surface area contributed by atoms with Crippen LogP contribution in [0.25, 0.3) is 6.08 Å². The first kappa shape index (κ1) is 29.2. The van der Waals surface area contributed by atoms with Crippen LogP contribution in [0, 0.1) is 0 Å². The molecular formula is C31H20N3NaO6. The molecular weight excluding hydrogens is 533 g/mol. The van der Waals surface area contributed by atoms with E-state index >= 15 is 0 Å². The number of rotatable bonds is 7. The van der Waals surface area contributed by atoms with Gasteiger partial charge in [0.1, 0.15) is 11.5 Å². The largest absolute Gasteiger partial charge is 1.00 e. The number of carbonyl (C=O) groups is 4. The molecule has 0 aromatic heterocycles. The van der Waals surface area contributed by atoms with Gasteiger partial charge in [-0.15, -0.1) is 0 Å². The number of carbonyl (C=O) groups excluding carboxylic acids is 4. The van der Waals surface area contributed by atoms with E-state index in [4.69, 9.17) is 0 Å². The summed E-state index contributed by atoms with van der Waals surface area (Å²) in [5.74, 6) is -3.19. The van der Waals surface area contributed by atoms with Gasteiger partial charge in [0.15, 0.2) is 5.78 Å². The van der Waals surface area contributed by atoms with E-state index in [1.54, 1.807) is 54.6 Å². The van der Waals surface area contributed by atoms with E-state index in [0.29, 0.717) is 22.4 Å². The number of hydrogen-bond acceptors (Lipinski definition) is 8. The topological polar surface area (TPSA) is 148 Å². The first-order valence-electron chi connectivity index (χ1n) is 12.1. The molecule has 0 unspecified atom stereocenters. The van der Waals surface area contributed by atoms with Crippen LogP contribution in [0.5, 0.6) is 5.75 Å². The second kappa shape index (κ2) is 12.6. The summed E-state index contributed by atoms with van der Waals surface area (Å²) in [6.07, 6.45) is 2.95. The predicted octanol–water partition coefficient (Wildman–Crippen LogP) is 0.655. The van der Waals surface area contributed by atoms with Crippen molar-refractivity contribution in [3.05, 3.63) is 130 Å². The Labute approximate surface area is 256 Å². The van der Waals surface area contributed by atoms with Gasteiger partial charge >= 0.3 is 29.6 Å². The molecule has 9 nitrogen and oxygen atoms in total. The maximum absolute atomic E-state index is 13.1. The van der Waals surface area contributed by atoms with Crippen molar-refractivity contribution in [1.29, 1.82) is 0 Å². The number of allylic oxidation sites excluding steroid dienone is 1. The zero-order valence-electron chi connectivity index (χ0n) is 21.8. The number of ketones is 2. The Kier molecular flexibility index (Phi) is 8.94. The fourth-order valence-corrected chi connectivity index (χ4v) is 4.24. The van der Waals surface area contributed by atoms with Crippen LogP contribution in [0.2, 0.25) is 0 Å². The Bertz CT molecular complexity index is 1750. The van der Waals surface area contributed by atoms with Gasteiger partial charge in [0.2, 0.25) is 5.78 Å². The fourth-order valence-electron chi connectivity index (χ4n) is 4.24. The summed E-state index contributed by atoms with van der Waals surface area (Å²) >= 11 is 0. The zero-order chi connectivity index (χ0) is 28.2. The summed E-state index contributed by atoms with van der Waals surface area (Å²) in [6.45, 7) is 0. The molecule has 0 heterocycles. The SMILES string of the molecule is O=C1C=Cc2cccc(NC(=O)c3ccccc3)c2C1=NNc1cc(C(=O)c2ccccc2C(=O)[O-])ccc1O.[Na+]. The number of aromatic carboxylic acids is 1. The van der Waals surface area contributed by atoms with Gasteiger partial charge in [0, 0.05) is 27.8 Å². The number of hydrazone groups is 1. The number of nitrogens with one attached hydrogen (secondary N) is 2. The number of phenolic OH excluding ortho intramolecular Hbond substituents is 1. The molecule has 1 amide bonds. The molecule has 0 spiro atoms. The minimum atomic E-state index is -1.50. The predicted molar refractivity (Wildman–Crippen MR) is 147 cm³/mol. The van der Waals surface area contributed by atoms with Crippen molar-refractivity contribution in [3.63, 3.8) is 0 Å². The van der Waals surface area contributed by atoms with Crippen LogP contribution in [0.1, 0.15) is 47.8 Å². The average molecular weight is 554 g/mol. The minimum absolute atomic E-state index is 0. The molecule has 3 N–H and O–H groups in total. The molecule has 0 bridgehead atoms. The number of fused-ring (bicyclic) bond motifs is 1.